The van der Waals surface area contributed by atoms with Gasteiger partial charge in [-0.1, -0.05) is 61.0 Å². The molecule has 3 aromatic carbocycles. The molecule has 0 unspecified atom stereocenters. The smallest absolute Gasteiger partial charge is 0.127 e. The van der Waals surface area contributed by atoms with Gasteiger partial charge >= 0.3 is 0 Å². The highest BCUT2D eigenvalue weighted by atomic mass is 19.1. The van der Waals surface area contributed by atoms with Crippen LogP contribution in [0.25, 0.3) is 0 Å². The summed E-state index contributed by atoms with van der Waals surface area (Å²) in [6, 6.07) is 22.6. The number of ether oxygens (including phenoxy) is 1. The molecule has 0 aromatic heterocycles. The molecule has 1 fully saturated rings. The summed E-state index contributed by atoms with van der Waals surface area (Å²) in [7, 11) is 0. The van der Waals surface area contributed by atoms with E-state index in [9.17, 15) is 8.78 Å². The maximum absolute atomic E-state index is 14.6. The van der Waals surface area contributed by atoms with Crippen molar-refractivity contribution in [1.29, 1.82) is 0 Å². The van der Waals surface area contributed by atoms with E-state index >= 15 is 0 Å². The first kappa shape index (κ1) is 25.9. The second-order valence-corrected chi connectivity index (χ2v) is 10.8. The highest BCUT2D eigenvalue weighted by Crippen LogP contribution is 2.39. The van der Waals surface area contributed by atoms with Gasteiger partial charge < -0.3 is 4.74 Å². The van der Waals surface area contributed by atoms with Gasteiger partial charge in [-0.15, -0.1) is 0 Å². The number of para-hydroxylation sites is 1. The van der Waals surface area contributed by atoms with E-state index in [2.05, 4.69) is 28.0 Å². The molecule has 2 heterocycles. The Hall–Kier alpha value is -2.76. The van der Waals surface area contributed by atoms with Crippen LogP contribution in [0.15, 0.2) is 72.8 Å². The lowest BCUT2D eigenvalue weighted by Gasteiger charge is -2.45. The molecule has 3 nitrogen and oxygen atoms in total. The number of fused-ring (bicyclic) bond motifs is 1. The van der Waals surface area contributed by atoms with Gasteiger partial charge in [-0.3, -0.25) is 9.80 Å². The monoisotopic (exact) mass is 504 g/mol. The Morgan fingerprint density at radius 1 is 0.676 bits per heavy atom. The lowest BCUT2D eigenvalue weighted by molar-refractivity contribution is 0.0403. The van der Waals surface area contributed by atoms with E-state index in [-0.39, 0.29) is 17.0 Å². The summed E-state index contributed by atoms with van der Waals surface area (Å²) >= 11 is 0. The van der Waals surface area contributed by atoms with Crippen LogP contribution < -0.4 is 4.74 Å². The average Bonchev–Trinajstić information content (AvgIpc) is 2.91. The summed E-state index contributed by atoms with van der Waals surface area (Å²) in [6.07, 6.45) is 6.64. The van der Waals surface area contributed by atoms with Gasteiger partial charge in [0.2, 0.25) is 0 Å². The molecule has 0 radical (unpaired) electrons. The van der Waals surface area contributed by atoms with Gasteiger partial charge in [0.05, 0.1) is 0 Å². The van der Waals surface area contributed by atoms with E-state index in [1.165, 1.54) is 5.56 Å². The molecule has 2 aliphatic heterocycles. The van der Waals surface area contributed by atoms with Gasteiger partial charge in [0.25, 0.3) is 0 Å². The third kappa shape index (κ3) is 6.77. The SMILES string of the molecule is Fc1ccccc1CN1CCC2(CCCCc3ccccc3OCCN(Cc3ccccc3F)C2)CC1. The van der Waals surface area contributed by atoms with Crippen molar-refractivity contribution >= 4 is 0 Å². The maximum Gasteiger partial charge on any atom is 0.127 e. The number of piperidine rings is 1. The third-order valence-corrected chi connectivity index (χ3v) is 8.22. The van der Waals surface area contributed by atoms with E-state index in [0.29, 0.717) is 19.7 Å². The second kappa shape index (κ2) is 12.2. The standard InChI is InChI=1S/C32H38F2N2O/c33-29-13-4-1-11-27(29)23-35-19-17-32(18-20-35)16-8-7-10-26-9-3-6-15-31(26)37-22-21-36(25-32)24-28-12-2-5-14-30(28)34/h1-6,9,11-15H,7-8,10,16-25H2. The van der Waals surface area contributed by atoms with E-state index < -0.39 is 0 Å². The summed E-state index contributed by atoms with van der Waals surface area (Å²) in [5.74, 6) is 0.712. The summed E-state index contributed by atoms with van der Waals surface area (Å²) in [4.78, 5) is 4.79. The Morgan fingerprint density at radius 2 is 1.30 bits per heavy atom. The molecular formula is C32H38F2N2O. The van der Waals surface area contributed by atoms with Gasteiger partial charge in [0, 0.05) is 37.3 Å². The Balaban J connectivity index is 1.32. The normalized spacial score (nSPS) is 19.4. The summed E-state index contributed by atoms with van der Waals surface area (Å²) < 4.78 is 35.1. The predicted molar refractivity (Wildman–Crippen MR) is 145 cm³/mol. The van der Waals surface area contributed by atoms with Crippen LogP contribution in [0.1, 0.15) is 48.8 Å². The zero-order valence-electron chi connectivity index (χ0n) is 21.7. The molecule has 0 aliphatic carbocycles. The molecule has 0 amide bonds. The Kier molecular flexibility index (Phi) is 8.52. The lowest BCUT2D eigenvalue weighted by Crippen LogP contribution is -2.47. The summed E-state index contributed by atoms with van der Waals surface area (Å²) in [6.45, 7) is 5.43. The van der Waals surface area contributed by atoms with Crippen LogP contribution in [-0.4, -0.2) is 42.6 Å². The van der Waals surface area contributed by atoms with Crippen molar-refractivity contribution in [3.05, 3.63) is 101 Å². The van der Waals surface area contributed by atoms with E-state index in [4.69, 9.17) is 4.74 Å². The highest BCUT2D eigenvalue weighted by Gasteiger charge is 2.36. The maximum atomic E-state index is 14.6. The lowest BCUT2D eigenvalue weighted by atomic mass is 9.73. The molecule has 196 valence electrons. The van der Waals surface area contributed by atoms with Crippen molar-refractivity contribution < 1.29 is 13.5 Å². The van der Waals surface area contributed by atoms with E-state index in [1.807, 2.05) is 30.3 Å². The van der Waals surface area contributed by atoms with Gasteiger partial charge in [-0.05, 0) is 74.4 Å². The van der Waals surface area contributed by atoms with Crippen LogP contribution in [0.5, 0.6) is 5.75 Å². The van der Waals surface area contributed by atoms with E-state index in [0.717, 1.165) is 81.6 Å². The summed E-state index contributed by atoms with van der Waals surface area (Å²) in [5, 5.41) is 0. The molecule has 0 atom stereocenters. The molecule has 2 aliphatic rings. The second-order valence-electron chi connectivity index (χ2n) is 10.8. The average molecular weight is 505 g/mol. The fraction of sp³-hybridized carbons (Fsp3) is 0.438. The Morgan fingerprint density at radius 3 is 2.00 bits per heavy atom. The third-order valence-electron chi connectivity index (χ3n) is 8.22. The van der Waals surface area contributed by atoms with Gasteiger partial charge in [0.1, 0.15) is 24.0 Å². The number of nitrogens with zero attached hydrogens (tertiary/aromatic N) is 2. The molecule has 5 heteroatoms. The number of rotatable bonds is 4. The van der Waals surface area contributed by atoms with Gasteiger partial charge in [0.15, 0.2) is 0 Å². The zero-order chi connectivity index (χ0) is 25.5. The quantitative estimate of drug-likeness (QED) is 0.386. The van der Waals surface area contributed by atoms with Crippen molar-refractivity contribution in [2.24, 2.45) is 5.41 Å². The van der Waals surface area contributed by atoms with Crippen LogP contribution in [-0.2, 0) is 19.5 Å². The topological polar surface area (TPSA) is 15.7 Å². The number of hydrogen-bond acceptors (Lipinski definition) is 3. The molecular weight excluding hydrogens is 466 g/mol. The number of likely N-dealkylation sites (tertiary alicyclic amines) is 1. The van der Waals surface area contributed by atoms with Crippen molar-refractivity contribution in [3.63, 3.8) is 0 Å². The predicted octanol–water partition coefficient (Wildman–Crippen LogP) is 6.85. The van der Waals surface area contributed by atoms with Crippen molar-refractivity contribution in [1.82, 2.24) is 9.80 Å². The van der Waals surface area contributed by atoms with Gasteiger partial charge in [-0.2, -0.15) is 0 Å². The first-order valence-corrected chi connectivity index (χ1v) is 13.7. The number of hydrogen-bond donors (Lipinski definition) is 0. The molecule has 0 saturated carbocycles. The minimum absolute atomic E-state index is 0.120. The fourth-order valence-corrected chi connectivity index (χ4v) is 6.05. The first-order chi connectivity index (χ1) is 18.1. The fourth-order valence-electron chi connectivity index (χ4n) is 6.05. The highest BCUT2D eigenvalue weighted by molar-refractivity contribution is 5.33. The Bertz CT molecular complexity index is 1160. The number of aryl methyl sites for hydroxylation is 1. The van der Waals surface area contributed by atoms with Crippen LogP contribution in [0.2, 0.25) is 0 Å². The van der Waals surface area contributed by atoms with Crippen molar-refractivity contribution in [2.45, 2.75) is 51.6 Å². The molecule has 1 spiro atoms. The van der Waals surface area contributed by atoms with Crippen molar-refractivity contribution in [2.75, 3.05) is 32.8 Å². The zero-order valence-corrected chi connectivity index (χ0v) is 21.7. The largest absolute Gasteiger partial charge is 0.492 e. The Labute approximate surface area is 220 Å². The van der Waals surface area contributed by atoms with Crippen LogP contribution in [0.4, 0.5) is 8.78 Å². The molecule has 5 rings (SSSR count). The molecule has 3 aromatic rings. The van der Waals surface area contributed by atoms with Gasteiger partial charge in [-0.25, -0.2) is 8.78 Å². The van der Waals surface area contributed by atoms with E-state index in [1.54, 1.807) is 24.3 Å². The van der Waals surface area contributed by atoms with Crippen molar-refractivity contribution in [3.8, 4) is 5.75 Å². The number of benzene rings is 3. The summed E-state index contributed by atoms with van der Waals surface area (Å²) in [5.41, 5.74) is 2.96. The molecule has 1 saturated heterocycles. The minimum atomic E-state index is -0.145. The van der Waals surface area contributed by atoms with Crippen LogP contribution in [0.3, 0.4) is 0 Å². The minimum Gasteiger partial charge on any atom is -0.492 e. The molecule has 0 bridgehead atoms. The van der Waals surface area contributed by atoms with Crippen LogP contribution in [0, 0.1) is 17.0 Å². The first-order valence-electron chi connectivity index (χ1n) is 13.7. The number of halogens is 2. The molecule has 0 N–H and O–H groups in total. The molecule has 37 heavy (non-hydrogen) atoms. The van der Waals surface area contributed by atoms with Crippen LogP contribution >= 0.6 is 0 Å².